The molecule has 0 aliphatic carbocycles. The van der Waals surface area contributed by atoms with Crippen LogP contribution in [0.25, 0.3) is 0 Å². The fraction of sp³-hybridized carbons (Fsp3) is 0.500. The molecule has 0 aromatic carbocycles. The van der Waals surface area contributed by atoms with Crippen molar-refractivity contribution in [2.24, 2.45) is 0 Å². The fourth-order valence-electron chi connectivity index (χ4n) is 1.64. The summed E-state index contributed by atoms with van der Waals surface area (Å²) in [6, 6.07) is 3.48. The summed E-state index contributed by atoms with van der Waals surface area (Å²) in [6.07, 6.45) is 8.44. The quantitative estimate of drug-likeness (QED) is 0.644. The average molecular weight is 235 g/mol. The zero-order chi connectivity index (χ0) is 12.3. The number of aldehydes is 1. The fourth-order valence-corrected chi connectivity index (χ4v) is 1.64. The van der Waals surface area contributed by atoms with Gasteiger partial charge in [0.2, 0.25) is 0 Å². The lowest BCUT2D eigenvalue weighted by Crippen LogP contribution is -2.21. The van der Waals surface area contributed by atoms with Crippen molar-refractivity contribution in [3.8, 4) is 0 Å². The molecule has 0 atom stereocenters. The van der Waals surface area contributed by atoms with Gasteiger partial charge in [0, 0.05) is 6.42 Å². The van der Waals surface area contributed by atoms with E-state index in [1.165, 1.54) is 32.4 Å². The number of nitrogens with one attached hydrogen (secondary N) is 1. The van der Waals surface area contributed by atoms with Crippen molar-refractivity contribution < 1.29 is 9.21 Å². The van der Waals surface area contributed by atoms with Crippen LogP contribution >= 0.6 is 0 Å². The van der Waals surface area contributed by atoms with Gasteiger partial charge in [-0.05, 0) is 44.5 Å². The third-order valence-corrected chi connectivity index (χ3v) is 2.60. The van der Waals surface area contributed by atoms with Crippen molar-refractivity contribution >= 4 is 6.29 Å². The van der Waals surface area contributed by atoms with Gasteiger partial charge < -0.3 is 9.73 Å². The molecule has 0 saturated carbocycles. The van der Waals surface area contributed by atoms with E-state index in [1.807, 2.05) is 12.1 Å². The number of furan rings is 1. The first-order valence-electron chi connectivity index (χ1n) is 6.22. The second kappa shape index (κ2) is 8.76. The van der Waals surface area contributed by atoms with Gasteiger partial charge in [0.25, 0.3) is 0 Å². The SMILES string of the molecule is C1CCNCC1.C=CCCc1ccc(C=O)o1. The third kappa shape index (κ3) is 6.07. The van der Waals surface area contributed by atoms with Crippen LogP contribution in [0, 0.1) is 0 Å². The van der Waals surface area contributed by atoms with E-state index in [2.05, 4.69) is 11.9 Å². The molecule has 1 saturated heterocycles. The van der Waals surface area contributed by atoms with E-state index in [0.29, 0.717) is 12.0 Å². The third-order valence-electron chi connectivity index (χ3n) is 2.60. The van der Waals surface area contributed by atoms with Crippen LogP contribution < -0.4 is 5.32 Å². The van der Waals surface area contributed by atoms with Crippen molar-refractivity contribution in [1.82, 2.24) is 5.32 Å². The molecule has 94 valence electrons. The first kappa shape index (κ1) is 13.7. The molecule has 0 unspecified atom stereocenters. The van der Waals surface area contributed by atoms with E-state index < -0.39 is 0 Å². The Morgan fingerprint density at radius 3 is 2.47 bits per heavy atom. The minimum atomic E-state index is 0.393. The first-order valence-corrected chi connectivity index (χ1v) is 6.22. The molecule has 0 spiro atoms. The van der Waals surface area contributed by atoms with Crippen LogP contribution in [0.4, 0.5) is 0 Å². The maximum atomic E-state index is 10.2. The zero-order valence-corrected chi connectivity index (χ0v) is 10.3. The molecule has 1 N–H and O–H groups in total. The molecule has 1 fully saturated rings. The summed E-state index contributed by atoms with van der Waals surface area (Å²) in [5, 5.41) is 3.28. The lowest BCUT2D eigenvalue weighted by atomic mass is 10.2. The standard InChI is InChI=1S/C9H10O2.C5H11N/c1-2-3-4-8-5-6-9(7-10)11-8;1-2-4-6-5-3-1/h2,5-7H,1,3-4H2;6H,1-5H2. The van der Waals surface area contributed by atoms with Crippen LogP contribution in [-0.4, -0.2) is 19.4 Å². The number of hydrogen-bond donors (Lipinski definition) is 1. The summed E-state index contributed by atoms with van der Waals surface area (Å²) in [5.41, 5.74) is 0. The molecule has 1 aromatic heterocycles. The number of rotatable bonds is 4. The Morgan fingerprint density at radius 2 is 2.06 bits per heavy atom. The Balaban J connectivity index is 0.000000202. The molecular weight excluding hydrogens is 214 g/mol. The highest BCUT2D eigenvalue weighted by Gasteiger charge is 1.98. The van der Waals surface area contributed by atoms with E-state index in [4.69, 9.17) is 4.42 Å². The van der Waals surface area contributed by atoms with Crippen molar-refractivity contribution in [2.75, 3.05) is 13.1 Å². The van der Waals surface area contributed by atoms with Crippen LogP contribution in [0.1, 0.15) is 42.0 Å². The van der Waals surface area contributed by atoms with Crippen molar-refractivity contribution in [3.63, 3.8) is 0 Å². The second-order valence-electron chi connectivity index (χ2n) is 4.06. The maximum Gasteiger partial charge on any atom is 0.185 e. The van der Waals surface area contributed by atoms with Crippen molar-refractivity contribution in [3.05, 3.63) is 36.3 Å². The Morgan fingerprint density at radius 1 is 1.29 bits per heavy atom. The van der Waals surface area contributed by atoms with Crippen LogP contribution in [0.15, 0.2) is 29.2 Å². The monoisotopic (exact) mass is 235 g/mol. The van der Waals surface area contributed by atoms with Gasteiger partial charge in [-0.3, -0.25) is 4.79 Å². The summed E-state index contributed by atoms with van der Waals surface area (Å²) in [5.74, 6) is 1.23. The van der Waals surface area contributed by atoms with Crippen molar-refractivity contribution in [2.45, 2.75) is 32.1 Å². The number of hydrogen-bond acceptors (Lipinski definition) is 3. The summed E-state index contributed by atoms with van der Waals surface area (Å²) < 4.78 is 5.12. The topological polar surface area (TPSA) is 42.2 Å². The van der Waals surface area contributed by atoms with Crippen molar-refractivity contribution in [1.29, 1.82) is 0 Å². The number of carbonyl (C=O) groups is 1. The molecule has 3 nitrogen and oxygen atoms in total. The summed E-state index contributed by atoms with van der Waals surface area (Å²) in [6.45, 7) is 6.09. The van der Waals surface area contributed by atoms with E-state index in [9.17, 15) is 4.79 Å². The molecule has 3 heteroatoms. The minimum absolute atomic E-state index is 0.393. The second-order valence-corrected chi connectivity index (χ2v) is 4.06. The van der Waals surface area contributed by atoms with Gasteiger partial charge in [-0.15, -0.1) is 6.58 Å². The predicted octanol–water partition coefficient (Wildman–Crippen LogP) is 2.97. The highest BCUT2D eigenvalue weighted by Crippen LogP contribution is 2.07. The van der Waals surface area contributed by atoms with Crippen LogP contribution in [0.5, 0.6) is 0 Å². The summed E-state index contributed by atoms with van der Waals surface area (Å²) in [7, 11) is 0. The summed E-state index contributed by atoms with van der Waals surface area (Å²) >= 11 is 0. The van der Waals surface area contributed by atoms with E-state index in [-0.39, 0.29) is 0 Å². The summed E-state index contributed by atoms with van der Waals surface area (Å²) in [4.78, 5) is 10.2. The van der Waals surface area contributed by atoms with Gasteiger partial charge in [-0.2, -0.15) is 0 Å². The molecule has 17 heavy (non-hydrogen) atoms. The van der Waals surface area contributed by atoms with E-state index in [1.54, 1.807) is 6.07 Å². The first-order chi connectivity index (χ1) is 8.36. The van der Waals surface area contributed by atoms with Gasteiger partial charge in [0.15, 0.2) is 12.0 Å². The number of piperidine rings is 1. The number of allylic oxidation sites excluding steroid dienone is 1. The highest BCUT2D eigenvalue weighted by atomic mass is 16.3. The van der Waals surface area contributed by atoms with Gasteiger partial charge in [-0.1, -0.05) is 12.5 Å². The molecule has 1 aliphatic rings. The molecular formula is C14H21NO2. The number of carbonyl (C=O) groups excluding carboxylic acids is 1. The molecule has 0 radical (unpaired) electrons. The Bertz CT molecular complexity index is 315. The lowest BCUT2D eigenvalue weighted by Gasteiger charge is -2.08. The normalized spacial score (nSPS) is 14.6. The smallest absolute Gasteiger partial charge is 0.185 e. The largest absolute Gasteiger partial charge is 0.458 e. The van der Waals surface area contributed by atoms with Crippen LogP contribution in [0.2, 0.25) is 0 Å². The molecule has 1 aromatic rings. The average Bonchev–Trinajstić information content (AvgIpc) is 2.87. The number of aryl methyl sites for hydroxylation is 1. The molecule has 2 heterocycles. The van der Waals surface area contributed by atoms with Gasteiger partial charge >= 0.3 is 0 Å². The molecule has 0 amide bonds. The Kier molecular flexibility index (Phi) is 7.07. The maximum absolute atomic E-state index is 10.2. The van der Waals surface area contributed by atoms with Crippen LogP contribution in [-0.2, 0) is 6.42 Å². The Hall–Kier alpha value is -1.35. The predicted molar refractivity (Wildman–Crippen MR) is 69.3 cm³/mol. The highest BCUT2D eigenvalue weighted by molar-refractivity contribution is 5.70. The van der Waals surface area contributed by atoms with Gasteiger partial charge in [0.05, 0.1) is 0 Å². The lowest BCUT2D eigenvalue weighted by molar-refractivity contribution is 0.109. The van der Waals surface area contributed by atoms with E-state index in [0.717, 1.165) is 18.6 Å². The Labute approximate surface area is 103 Å². The molecule has 1 aliphatic heterocycles. The van der Waals surface area contributed by atoms with Gasteiger partial charge in [0.1, 0.15) is 5.76 Å². The molecule has 0 bridgehead atoms. The van der Waals surface area contributed by atoms with E-state index >= 15 is 0 Å². The minimum Gasteiger partial charge on any atom is -0.458 e. The van der Waals surface area contributed by atoms with Gasteiger partial charge in [-0.25, -0.2) is 0 Å². The zero-order valence-electron chi connectivity index (χ0n) is 10.3. The molecule has 2 rings (SSSR count). The van der Waals surface area contributed by atoms with Crippen LogP contribution in [0.3, 0.4) is 0 Å².